The summed E-state index contributed by atoms with van der Waals surface area (Å²) in [5, 5.41) is 18.5. The number of aliphatic hydroxyl groups excluding tert-OH is 1. The summed E-state index contributed by atoms with van der Waals surface area (Å²) in [6.45, 7) is 2.36. The minimum atomic E-state index is -0.116. The fourth-order valence-electron chi connectivity index (χ4n) is 1.75. The Hall–Kier alpha value is -2.00. The molecular weight excluding hydrogens is 228 g/mol. The van der Waals surface area contributed by atoms with Crippen LogP contribution in [0.4, 0.5) is 0 Å². The number of phenolic OH excluding ortho intramolecular Hbond substituents is 1. The molecule has 0 bridgehead atoms. The second kappa shape index (κ2) is 5.56. The van der Waals surface area contributed by atoms with E-state index in [-0.39, 0.29) is 12.4 Å². The molecule has 18 heavy (non-hydrogen) atoms. The number of hydrogen-bond acceptors (Lipinski definition) is 3. The van der Waals surface area contributed by atoms with Crippen LogP contribution in [0.25, 0.3) is 0 Å². The number of aliphatic hydroxyl groups is 1. The van der Waals surface area contributed by atoms with Gasteiger partial charge in [0.2, 0.25) is 0 Å². The zero-order valence-electron chi connectivity index (χ0n) is 10.3. The van der Waals surface area contributed by atoms with E-state index < -0.39 is 0 Å². The molecular formula is C15H16O3. The molecule has 0 fully saturated rings. The fourth-order valence-corrected chi connectivity index (χ4v) is 1.75. The number of benzene rings is 2. The maximum Gasteiger partial charge on any atom is 0.123 e. The van der Waals surface area contributed by atoms with Gasteiger partial charge in [-0.15, -0.1) is 0 Å². The first kappa shape index (κ1) is 12.5. The molecule has 94 valence electrons. The van der Waals surface area contributed by atoms with Gasteiger partial charge in [0.1, 0.15) is 18.1 Å². The quantitative estimate of drug-likeness (QED) is 0.869. The number of rotatable bonds is 4. The van der Waals surface area contributed by atoms with Gasteiger partial charge in [-0.1, -0.05) is 24.3 Å². The van der Waals surface area contributed by atoms with Gasteiger partial charge in [-0.2, -0.15) is 0 Å². The molecule has 2 aromatic carbocycles. The molecule has 0 aliphatic heterocycles. The van der Waals surface area contributed by atoms with Gasteiger partial charge in [0.15, 0.2) is 0 Å². The molecule has 2 aromatic rings. The van der Waals surface area contributed by atoms with Crippen molar-refractivity contribution in [2.45, 2.75) is 20.1 Å². The fraction of sp³-hybridized carbons (Fsp3) is 0.200. The monoisotopic (exact) mass is 244 g/mol. The van der Waals surface area contributed by atoms with Crippen LogP contribution in [0.1, 0.15) is 16.7 Å². The standard InChI is InChI=1S/C15H16O3/c1-11-4-2-3-5-13(11)10-18-15-7-12(9-16)6-14(17)8-15/h2-8,16-17H,9-10H2,1H3. The molecule has 2 rings (SSSR count). The Kier molecular flexibility index (Phi) is 3.85. The van der Waals surface area contributed by atoms with Crippen LogP contribution in [0.3, 0.4) is 0 Å². The van der Waals surface area contributed by atoms with Crippen molar-refractivity contribution < 1.29 is 14.9 Å². The molecule has 0 heterocycles. The van der Waals surface area contributed by atoms with Crippen molar-refractivity contribution in [3.8, 4) is 11.5 Å². The lowest BCUT2D eigenvalue weighted by atomic mass is 10.1. The molecule has 2 N–H and O–H groups in total. The van der Waals surface area contributed by atoms with E-state index in [9.17, 15) is 5.11 Å². The molecule has 3 nitrogen and oxygen atoms in total. The van der Waals surface area contributed by atoms with Crippen LogP contribution in [0.5, 0.6) is 11.5 Å². The summed E-state index contributed by atoms with van der Waals surface area (Å²) in [5.74, 6) is 0.656. The highest BCUT2D eigenvalue weighted by Crippen LogP contribution is 2.23. The second-order valence-corrected chi connectivity index (χ2v) is 4.21. The van der Waals surface area contributed by atoms with Crippen molar-refractivity contribution in [2.75, 3.05) is 0 Å². The van der Waals surface area contributed by atoms with Crippen LogP contribution < -0.4 is 4.74 Å². The van der Waals surface area contributed by atoms with Crippen LogP contribution in [-0.4, -0.2) is 10.2 Å². The zero-order valence-corrected chi connectivity index (χ0v) is 10.3. The normalized spacial score (nSPS) is 10.3. The second-order valence-electron chi connectivity index (χ2n) is 4.21. The van der Waals surface area contributed by atoms with Gasteiger partial charge in [-0.25, -0.2) is 0 Å². The van der Waals surface area contributed by atoms with E-state index >= 15 is 0 Å². The molecule has 0 unspecified atom stereocenters. The summed E-state index contributed by atoms with van der Waals surface area (Å²) in [4.78, 5) is 0. The SMILES string of the molecule is Cc1ccccc1COc1cc(O)cc(CO)c1. The average Bonchev–Trinajstić information content (AvgIpc) is 2.37. The topological polar surface area (TPSA) is 49.7 Å². The first-order valence-electron chi connectivity index (χ1n) is 5.80. The Morgan fingerprint density at radius 2 is 1.89 bits per heavy atom. The van der Waals surface area contributed by atoms with E-state index in [4.69, 9.17) is 9.84 Å². The highest BCUT2D eigenvalue weighted by atomic mass is 16.5. The van der Waals surface area contributed by atoms with E-state index in [2.05, 4.69) is 0 Å². The highest BCUT2D eigenvalue weighted by Gasteiger charge is 2.02. The lowest BCUT2D eigenvalue weighted by molar-refractivity contribution is 0.276. The summed E-state index contributed by atoms with van der Waals surface area (Å²) in [7, 11) is 0. The molecule has 0 amide bonds. The maximum atomic E-state index is 9.49. The number of ether oxygens (including phenoxy) is 1. The summed E-state index contributed by atoms with van der Waals surface area (Å²) in [5.41, 5.74) is 2.90. The third kappa shape index (κ3) is 3.02. The molecule has 0 aliphatic rings. The number of aromatic hydroxyl groups is 1. The Balaban J connectivity index is 2.11. The van der Waals surface area contributed by atoms with Crippen LogP contribution in [0.15, 0.2) is 42.5 Å². The van der Waals surface area contributed by atoms with Gasteiger partial charge in [0.05, 0.1) is 6.61 Å². The van der Waals surface area contributed by atoms with Crippen LogP contribution >= 0.6 is 0 Å². The molecule has 0 radical (unpaired) electrons. The van der Waals surface area contributed by atoms with Crippen LogP contribution in [0, 0.1) is 6.92 Å². The Bertz CT molecular complexity index is 535. The third-order valence-corrected chi connectivity index (χ3v) is 2.79. The summed E-state index contributed by atoms with van der Waals surface area (Å²) >= 11 is 0. The molecule has 3 heteroatoms. The van der Waals surface area contributed by atoms with Crippen molar-refractivity contribution in [3.05, 3.63) is 59.2 Å². The van der Waals surface area contributed by atoms with E-state index in [1.807, 2.05) is 31.2 Å². The van der Waals surface area contributed by atoms with Gasteiger partial charge < -0.3 is 14.9 Å². The zero-order chi connectivity index (χ0) is 13.0. The predicted molar refractivity (Wildman–Crippen MR) is 69.5 cm³/mol. The highest BCUT2D eigenvalue weighted by molar-refractivity contribution is 5.37. The van der Waals surface area contributed by atoms with E-state index in [0.717, 1.165) is 5.56 Å². The smallest absolute Gasteiger partial charge is 0.123 e. The maximum absolute atomic E-state index is 9.49. The summed E-state index contributed by atoms with van der Waals surface area (Å²) < 4.78 is 5.63. The third-order valence-electron chi connectivity index (χ3n) is 2.79. The number of phenols is 1. The van der Waals surface area contributed by atoms with Crippen LogP contribution in [-0.2, 0) is 13.2 Å². The number of aryl methyl sites for hydroxylation is 1. The average molecular weight is 244 g/mol. The van der Waals surface area contributed by atoms with E-state index in [1.54, 1.807) is 6.07 Å². The molecule has 0 aliphatic carbocycles. The molecule has 0 spiro atoms. The van der Waals surface area contributed by atoms with E-state index in [1.165, 1.54) is 17.7 Å². The summed E-state index contributed by atoms with van der Waals surface area (Å²) in [6.07, 6.45) is 0. The van der Waals surface area contributed by atoms with Crippen molar-refractivity contribution in [3.63, 3.8) is 0 Å². The molecule has 0 saturated carbocycles. The summed E-state index contributed by atoms with van der Waals surface area (Å²) in [6, 6.07) is 12.8. The van der Waals surface area contributed by atoms with E-state index in [0.29, 0.717) is 17.9 Å². The Morgan fingerprint density at radius 3 is 2.61 bits per heavy atom. The Morgan fingerprint density at radius 1 is 1.11 bits per heavy atom. The van der Waals surface area contributed by atoms with Gasteiger partial charge in [-0.3, -0.25) is 0 Å². The molecule has 0 aromatic heterocycles. The number of hydrogen-bond donors (Lipinski definition) is 2. The predicted octanol–water partition coefficient (Wildman–Crippen LogP) is 2.77. The first-order chi connectivity index (χ1) is 8.69. The van der Waals surface area contributed by atoms with Crippen LogP contribution in [0.2, 0.25) is 0 Å². The van der Waals surface area contributed by atoms with Crippen molar-refractivity contribution in [1.29, 1.82) is 0 Å². The van der Waals surface area contributed by atoms with Gasteiger partial charge in [0.25, 0.3) is 0 Å². The van der Waals surface area contributed by atoms with Crippen molar-refractivity contribution in [2.24, 2.45) is 0 Å². The lowest BCUT2D eigenvalue weighted by Gasteiger charge is -2.10. The molecule has 0 saturated heterocycles. The Labute approximate surface area is 106 Å². The lowest BCUT2D eigenvalue weighted by Crippen LogP contribution is -1.98. The van der Waals surface area contributed by atoms with Gasteiger partial charge in [0, 0.05) is 6.07 Å². The minimum Gasteiger partial charge on any atom is -0.508 e. The van der Waals surface area contributed by atoms with Gasteiger partial charge >= 0.3 is 0 Å². The van der Waals surface area contributed by atoms with Crippen molar-refractivity contribution in [1.82, 2.24) is 0 Å². The van der Waals surface area contributed by atoms with Crippen molar-refractivity contribution >= 4 is 0 Å². The minimum absolute atomic E-state index is 0.0985. The molecule has 0 atom stereocenters. The van der Waals surface area contributed by atoms with Gasteiger partial charge in [-0.05, 0) is 35.7 Å². The largest absolute Gasteiger partial charge is 0.508 e. The first-order valence-corrected chi connectivity index (χ1v) is 5.80.